The second-order valence-electron chi connectivity index (χ2n) is 9.29. The number of nitrogens with one attached hydrogen (secondary N) is 1. The smallest absolute Gasteiger partial charge is 0.311 e. The van der Waals surface area contributed by atoms with Crippen LogP contribution in [0.2, 0.25) is 0 Å². The van der Waals surface area contributed by atoms with Gasteiger partial charge in [0.05, 0.1) is 5.92 Å². The summed E-state index contributed by atoms with van der Waals surface area (Å²) in [6.45, 7) is 7.13. The van der Waals surface area contributed by atoms with Gasteiger partial charge in [-0.1, -0.05) is 43.3 Å². The van der Waals surface area contributed by atoms with Gasteiger partial charge in [-0.2, -0.15) is 0 Å². The number of hydrogen-bond acceptors (Lipinski definition) is 4. The number of carboxylic acids is 1. The first-order valence-corrected chi connectivity index (χ1v) is 12.3. The van der Waals surface area contributed by atoms with Crippen LogP contribution in [0.4, 0.5) is 11.5 Å². The van der Waals surface area contributed by atoms with Crippen molar-refractivity contribution in [2.45, 2.75) is 45.4 Å². The van der Waals surface area contributed by atoms with Gasteiger partial charge in [0.25, 0.3) is 0 Å². The zero-order valence-corrected chi connectivity index (χ0v) is 20.2. The Morgan fingerprint density at radius 1 is 1.09 bits per heavy atom. The van der Waals surface area contributed by atoms with Crippen molar-refractivity contribution in [2.24, 2.45) is 5.92 Å². The SMILES string of the molecule is CCc1cccc(C)c1C(Cc1ccc(N2CCC(CNc3ccccn3)CC2)cc1)C(=O)O. The molecule has 1 atom stereocenters. The van der Waals surface area contributed by atoms with E-state index in [0.29, 0.717) is 12.3 Å². The molecule has 0 amide bonds. The molecular formula is C29H35N3O2. The molecule has 1 aliphatic heterocycles. The number of rotatable bonds is 9. The Morgan fingerprint density at radius 2 is 1.85 bits per heavy atom. The van der Waals surface area contributed by atoms with Crippen molar-refractivity contribution in [3.05, 3.63) is 89.1 Å². The van der Waals surface area contributed by atoms with Crippen molar-refractivity contribution >= 4 is 17.5 Å². The Bertz CT molecular complexity index is 1070. The molecule has 1 saturated heterocycles. The summed E-state index contributed by atoms with van der Waals surface area (Å²) in [5.41, 5.74) is 5.45. The molecule has 1 aromatic heterocycles. The first-order chi connectivity index (χ1) is 16.5. The number of hydrogen-bond donors (Lipinski definition) is 2. The van der Waals surface area contributed by atoms with Crippen molar-refractivity contribution in [3.63, 3.8) is 0 Å². The lowest BCUT2D eigenvalue weighted by atomic mass is 9.85. The number of aryl methyl sites for hydroxylation is 2. The summed E-state index contributed by atoms with van der Waals surface area (Å²) in [5, 5.41) is 13.5. The second kappa shape index (κ2) is 11.2. The van der Waals surface area contributed by atoms with Crippen molar-refractivity contribution in [1.82, 2.24) is 4.98 Å². The lowest BCUT2D eigenvalue weighted by Gasteiger charge is -2.34. The van der Waals surface area contributed by atoms with E-state index in [4.69, 9.17) is 0 Å². The van der Waals surface area contributed by atoms with Crippen LogP contribution in [-0.4, -0.2) is 35.7 Å². The predicted molar refractivity (Wildman–Crippen MR) is 139 cm³/mol. The molecule has 1 unspecified atom stereocenters. The molecule has 0 bridgehead atoms. The summed E-state index contributed by atoms with van der Waals surface area (Å²) in [4.78, 5) is 19.0. The van der Waals surface area contributed by atoms with Crippen LogP contribution in [0.15, 0.2) is 66.9 Å². The van der Waals surface area contributed by atoms with E-state index < -0.39 is 11.9 Å². The Kier molecular flexibility index (Phi) is 7.84. The highest BCUT2D eigenvalue weighted by molar-refractivity contribution is 5.78. The molecule has 0 saturated carbocycles. The first-order valence-electron chi connectivity index (χ1n) is 12.3. The number of benzene rings is 2. The Labute approximate surface area is 202 Å². The standard InChI is InChI=1S/C29H35N3O2/c1-3-24-8-6-7-21(2)28(24)26(29(33)34)19-22-10-12-25(13-11-22)32-17-14-23(15-18-32)20-31-27-9-4-5-16-30-27/h4-13,16,23,26H,3,14-15,17-20H2,1-2H3,(H,30,31)(H,33,34). The maximum Gasteiger partial charge on any atom is 0.311 e. The number of aromatic nitrogens is 1. The van der Waals surface area contributed by atoms with Crippen LogP contribution in [-0.2, 0) is 17.6 Å². The number of piperidine rings is 1. The highest BCUT2D eigenvalue weighted by Gasteiger charge is 2.25. The van der Waals surface area contributed by atoms with Gasteiger partial charge in [-0.15, -0.1) is 0 Å². The molecule has 5 heteroatoms. The summed E-state index contributed by atoms with van der Waals surface area (Å²) < 4.78 is 0. The molecule has 0 radical (unpaired) electrons. The van der Waals surface area contributed by atoms with Crippen LogP contribution < -0.4 is 10.2 Å². The number of aliphatic carboxylic acids is 1. The summed E-state index contributed by atoms with van der Waals surface area (Å²) in [5.74, 6) is 0.312. The van der Waals surface area contributed by atoms with E-state index in [0.717, 1.165) is 67.0 Å². The van der Waals surface area contributed by atoms with E-state index in [1.54, 1.807) is 0 Å². The van der Waals surface area contributed by atoms with Gasteiger partial charge in [0.2, 0.25) is 0 Å². The van der Waals surface area contributed by atoms with E-state index in [9.17, 15) is 9.90 Å². The highest BCUT2D eigenvalue weighted by atomic mass is 16.4. The summed E-state index contributed by atoms with van der Waals surface area (Å²) in [6, 6.07) is 20.5. The topological polar surface area (TPSA) is 65.5 Å². The zero-order valence-electron chi connectivity index (χ0n) is 20.2. The van der Waals surface area contributed by atoms with Crippen molar-refractivity contribution < 1.29 is 9.90 Å². The molecule has 1 fully saturated rings. The Morgan fingerprint density at radius 3 is 2.50 bits per heavy atom. The molecule has 0 spiro atoms. The fourth-order valence-electron chi connectivity index (χ4n) is 5.05. The number of carbonyl (C=O) groups is 1. The first kappa shape index (κ1) is 23.8. The quantitative estimate of drug-likeness (QED) is 0.432. The minimum Gasteiger partial charge on any atom is -0.481 e. The van der Waals surface area contributed by atoms with Gasteiger partial charge in [0.15, 0.2) is 0 Å². The van der Waals surface area contributed by atoms with Gasteiger partial charge in [0.1, 0.15) is 5.82 Å². The van der Waals surface area contributed by atoms with Gasteiger partial charge < -0.3 is 15.3 Å². The largest absolute Gasteiger partial charge is 0.481 e. The predicted octanol–water partition coefficient (Wildman–Crippen LogP) is 5.69. The molecule has 0 aliphatic carbocycles. The molecule has 2 heterocycles. The Balaban J connectivity index is 1.35. The lowest BCUT2D eigenvalue weighted by Crippen LogP contribution is -2.35. The third-order valence-corrected chi connectivity index (χ3v) is 7.03. The molecular weight excluding hydrogens is 422 g/mol. The average molecular weight is 458 g/mol. The maximum atomic E-state index is 12.2. The molecule has 4 rings (SSSR count). The normalized spacial score (nSPS) is 15.2. The number of pyridine rings is 1. The molecule has 2 N–H and O–H groups in total. The van der Waals surface area contributed by atoms with Gasteiger partial charge in [-0.05, 0) is 85.0 Å². The summed E-state index contributed by atoms with van der Waals surface area (Å²) >= 11 is 0. The highest BCUT2D eigenvalue weighted by Crippen LogP contribution is 2.30. The van der Waals surface area contributed by atoms with Crippen LogP contribution in [0.5, 0.6) is 0 Å². The van der Waals surface area contributed by atoms with E-state index in [1.807, 2.05) is 43.5 Å². The number of carboxylic acid groups (broad SMARTS) is 1. The van der Waals surface area contributed by atoms with E-state index in [-0.39, 0.29) is 0 Å². The minimum absolute atomic E-state index is 0.509. The molecule has 34 heavy (non-hydrogen) atoms. The summed E-state index contributed by atoms with van der Waals surface area (Å²) in [6.07, 6.45) is 5.46. The monoisotopic (exact) mass is 457 g/mol. The molecule has 2 aromatic carbocycles. The van der Waals surface area contributed by atoms with Crippen LogP contribution in [0.3, 0.4) is 0 Å². The van der Waals surface area contributed by atoms with Gasteiger partial charge in [-0.3, -0.25) is 4.79 Å². The molecule has 178 valence electrons. The molecule has 5 nitrogen and oxygen atoms in total. The van der Waals surface area contributed by atoms with Gasteiger partial charge in [0, 0.05) is 31.5 Å². The number of nitrogens with zero attached hydrogens (tertiary/aromatic N) is 2. The summed E-state index contributed by atoms with van der Waals surface area (Å²) in [7, 11) is 0. The fraction of sp³-hybridized carbons (Fsp3) is 0.379. The van der Waals surface area contributed by atoms with Crippen LogP contribution in [0, 0.1) is 12.8 Å². The van der Waals surface area contributed by atoms with E-state index >= 15 is 0 Å². The zero-order chi connectivity index (χ0) is 23.9. The van der Waals surface area contributed by atoms with E-state index in [2.05, 4.69) is 52.5 Å². The lowest BCUT2D eigenvalue weighted by molar-refractivity contribution is -0.138. The van der Waals surface area contributed by atoms with Crippen LogP contribution >= 0.6 is 0 Å². The Hall–Kier alpha value is -3.34. The fourth-order valence-corrected chi connectivity index (χ4v) is 5.05. The number of anilines is 2. The van der Waals surface area contributed by atoms with Crippen LogP contribution in [0.25, 0.3) is 0 Å². The molecule has 1 aliphatic rings. The third kappa shape index (κ3) is 5.77. The van der Waals surface area contributed by atoms with Crippen molar-refractivity contribution in [1.29, 1.82) is 0 Å². The van der Waals surface area contributed by atoms with Crippen molar-refractivity contribution in [2.75, 3.05) is 29.9 Å². The second-order valence-corrected chi connectivity index (χ2v) is 9.29. The van der Waals surface area contributed by atoms with Crippen LogP contribution in [0.1, 0.15) is 47.9 Å². The average Bonchev–Trinajstić information content (AvgIpc) is 2.87. The minimum atomic E-state index is -0.755. The molecule has 3 aromatic rings. The maximum absolute atomic E-state index is 12.2. The van der Waals surface area contributed by atoms with E-state index in [1.165, 1.54) is 5.69 Å². The van der Waals surface area contributed by atoms with Crippen molar-refractivity contribution in [3.8, 4) is 0 Å². The van der Waals surface area contributed by atoms with Gasteiger partial charge >= 0.3 is 5.97 Å². The third-order valence-electron chi connectivity index (χ3n) is 7.03. The van der Waals surface area contributed by atoms with Gasteiger partial charge in [-0.25, -0.2) is 4.98 Å².